The minimum Gasteiger partial charge on any atom is -0.451 e. The first-order valence-corrected chi connectivity index (χ1v) is 2.86. The first-order valence-electron chi connectivity index (χ1n) is 2.86. The van der Waals surface area contributed by atoms with Gasteiger partial charge in [0.1, 0.15) is 6.10 Å². The molecule has 1 atom stereocenters. The molecule has 0 aromatic heterocycles. The predicted octanol–water partition coefficient (Wildman–Crippen LogP) is -0.408. The van der Waals surface area contributed by atoms with Crippen LogP contribution in [-0.2, 0) is 9.53 Å². The SMILES string of the molecule is CC1OC(=O)C(=N\O)/C1=N/O. The van der Waals surface area contributed by atoms with Crippen molar-refractivity contribution in [2.45, 2.75) is 13.0 Å². The smallest absolute Gasteiger partial charge is 0.363 e. The molecule has 1 rings (SSSR count). The van der Waals surface area contributed by atoms with E-state index in [0.717, 1.165) is 0 Å². The van der Waals surface area contributed by atoms with Crippen molar-refractivity contribution in [2.24, 2.45) is 10.3 Å². The number of rotatable bonds is 0. The highest BCUT2D eigenvalue weighted by Crippen LogP contribution is 2.08. The number of carbonyl (C=O) groups is 1. The summed E-state index contributed by atoms with van der Waals surface area (Å²) in [5, 5.41) is 21.9. The van der Waals surface area contributed by atoms with Gasteiger partial charge in [-0.2, -0.15) is 0 Å². The van der Waals surface area contributed by atoms with Crippen LogP contribution in [0.2, 0.25) is 0 Å². The quantitative estimate of drug-likeness (QED) is 0.285. The molecule has 1 aliphatic heterocycles. The lowest BCUT2D eigenvalue weighted by Gasteiger charge is -1.96. The Kier molecular flexibility index (Phi) is 1.75. The van der Waals surface area contributed by atoms with E-state index in [2.05, 4.69) is 15.0 Å². The van der Waals surface area contributed by atoms with Crippen LogP contribution in [0, 0.1) is 0 Å². The lowest BCUT2D eigenvalue weighted by molar-refractivity contribution is -0.135. The third-order valence-corrected chi connectivity index (χ3v) is 1.31. The third kappa shape index (κ3) is 1.02. The number of oxime groups is 2. The molecule has 0 saturated carbocycles. The van der Waals surface area contributed by atoms with Crippen molar-refractivity contribution in [3.05, 3.63) is 0 Å². The van der Waals surface area contributed by atoms with Crippen LogP contribution >= 0.6 is 0 Å². The predicted molar refractivity (Wildman–Crippen MR) is 34.0 cm³/mol. The van der Waals surface area contributed by atoms with E-state index in [1.807, 2.05) is 0 Å². The van der Waals surface area contributed by atoms with Crippen molar-refractivity contribution in [3.8, 4) is 0 Å². The Morgan fingerprint density at radius 3 is 2.45 bits per heavy atom. The molecule has 1 fully saturated rings. The van der Waals surface area contributed by atoms with E-state index in [-0.39, 0.29) is 11.4 Å². The molecule has 1 saturated heterocycles. The maximum absolute atomic E-state index is 10.7. The average molecular weight is 158 g/mol. The molecule has 0 aromatic carbocycles. The van der Waals surface area contributed by atoms with Crippen LogP contribution in [0.25, 0.3) is 0 Å². The van der Waals surface area contributed by atoms with Gasteiger partial charge in [0.25, 0.3) is 0 Å². The van der Waals surface area contributed by atoms with Gasteiger partial charge in [-0.1, -0.05) is 10.3 Å². The number of nitrogens with zero attached hydrogens (tertiary/aromatic N) is 2. The van der Waals surface area contributed by atoms with Crippen LogP contribution in [0.1, 0.15) is 6.92 Å². The van der Waals surface area contributed by atoms with Crippen LogP contribution in [0.3, 0.4) is 0 Å². The topological polar surface area (TPSA) is 91.5 Å². The minimum atomic E-state index is -0.784. The van der Waals surface area contributed by atoms with Crippen molar-refractivity contribution in [1.82, 2.24) is 0 Å². The van der Waals surface area contributed by atoms with Gasteiger partial charge in [0, 0.05) is 0 Å². The van der Waals surface area contributed by atoms with Gasteiger partial charge in [0.15, 0.2) is 5.71 Å². The molecule has 11 heavy (non-hydrogen) atoms. The van der Waals surface area contributed by atoms with Crippen molar-refractivity contribution in [3.63, 3.8) is 0 Å². The first-order chi connectivity index (χ1) is 5.20. The highest BCUT2D eigenvalue weighted by atomic mass is 16.6. The standard InChI is InChI=1S/C5H6N2O4/c1-2-3(6-9)4(7-10)5(8)11-2/h2,9-10H,1H3/b6-3+,7-4-. The van der Waals surface area contributed by atoms with E-state index in [0.29, 0.717) is 0 Å². The highest BCUT2D eigenvalue weighted by molar-refractivity contribution is 6.68. The lowest BCUT2D eigenvalue weighted by Crippen LogP contribution is -2.18. The van der Waals surface area contributed by atoms with Gasteiger partial charge in [0.2, 0.25) is 5.71 Å². The normalized spacial score (nSPS) is 31.4. The Morgan fingerprint density at radius 1 is 1.45 bits per heavy atom. The van der Waals surface area contributed by atoms with Crippen molar-refractivity contribution in [2.75, 3.05) is 0 Å². The molecule has 0 radical (unpaired) electrons. The fourth-order valence-electron chi connectivity index (χ4n) is 0.790. The molecule has 6 nitrogen and oxygen atoms in total. The summed E-state index contributed by atoms with van der Waals surface area (Å²) in [6.07, 6.45) is -0.654. The summed E-state index contributed by atoms with van der Waals surface area (Å²) in [5.74, 6) is -0.784. The molecule has 1 aliphatic rings. The zero-order chi connectivity index (χ0) is 8.43. The monoisotopic (exact) mass is 158 g/mol. The molecular weight excluding hydrogens is 152 g/mol. The van der Waals surface area contributed by atoms with Crippen LogP contribution in [0.15, 0.2) is 10.3 Å². The number of hydrogen-bond acceptors (Lipinski definition) is 6. The maximum atomic E-state index is 10.7. The maximum Gasteiger partial charge on any atom is 0.363 e. The number of carbonyl (C=O) groups excluding carboxylic acids is 1. The molecular formula is C5H6N2O4. The molecule has 6 heteroatoms. The summed E-state index contributed by atoms with van der Waals surface area (Å²) in [6.45, 7) is 1.51. The molecule has 0 bridgehead atoms. The number of ether oxygens (including phenoxy) is 1. The Morgan fingerprint density at radius 2 is 2.09 bits per heavy atom. The van der Waals surface area contributed by atoms with Crippen LogP contribution in [-0.4, -0.2) is 33.9 Å². The zero-order valence-corrected chi connectivity index (χ0v) is 5.68. The van der Waals surface area contributed by atoms with Gasteiger partial charge < -0.3 is 15.2 Å². The van der Waals surface area contributed by atoms with Gasteiger partial charge in [-0.3, -0.25) is 0 Å². The summed E-state index contributed by atoms with van der Waals surface area (Å²) in [7, 11) is 0. The number of hydrogen-bond donors (Lipinski definition) is 2. The van der Waals surface area contributed by atoms with Gasteiger partial charge in [-0.15, -0.1) is 0 Å². The molecule has 1 unspecified atom stereocenters. The molecule has 0 aliphatic carbocycles. The van der Waals surface area contributed by atoms with Gasteiger partial charge in [-0.25, -0.2) is 4.79 Å². The summed E-state index contributed by atoms with van der Waals surface area (Å²) in [4.78, 5) is 10.7. The van der Waals surface area contributed by atoms with Crippen LogP contribution in [0.4, 0.5) is 0 Å². The van der Waals surface area contributed by atoms with Crippen molar-refractivity contribution in [1.29, 1.82) is 0 Å². The van der Waals surface area contributed by atoms with Gasteiger partial charge in [0.05, 0.1) is 0 Å². The molecule has 60 valence electrons. The fourth-order valence-corrected chi connectivity index (χ4v) is 0.790. The second-order valence-corrected chi connectivity index (χ2v) is 1.98. The molecule has 0 spiro atoms. The zero-order valence-electron chi connectivity index (χ0n) is 5.68. The molecule has 2 N–H and O–H groups in total. The number of esters is 1. The number of cyclic esters (lactones) is 1. The van der Waals surface area contributed by atoms with Crippen LogP contribution < -0.4 is 0 Å². The summed E-state index contributed by atoms with van der Waals surface area (Å²) >= 11 is 0. The summed E-state index contributed by atoms with van der Waals surface area (Å²) in [6, 6.07) is 0. The van der Waals surface area contributed by atoms with Gasteiger partial charge in [-0.05, 0) is 6.92 Å². The Hall–Kier alpha value is -1.59. The van der Waals surface area contributed by atoms with Crippen molar-refractivity contribution >= 4 is 17.4 Å². The minimum absolute atomic E-state index is 0.0579. The first kappa shape index (κ1) is 7.52. The Bertz CT molecular complexity index is 245. The third-order valence-electron chi connectivity index (χ3n) is 1.31. The van der Waals surface area contributed by atoms with Gasteiger partial charge >= 0.3 is 5.97 Å². The fraction of sp³-hybridized carbons (Fsp3) is 0.400. The van der Waals surface area contributed by atoms with E-state index in [1.165, 1.54) is 6.92 Å². The second kappa shape index (κ2) is 2.57. The van der Waals surface area contributed by atoms with E-state index < -0.39 is 12.1 Å². The molecule has 1 heterocycles. The second-order valence-electron chi connectivity index (χ2n) is 1.98. The molecule has 0 aromatic rings. The van der Waals surface area contributed by atoms with E-state index in [9.17, 15) is 4.79 Å². The Labute approximate surface area is 61.8 Å². The van der Waals surface area contributed by atoms with E-state index in [4.69, 9.17) is 10.4 Å². The van der Waals surface area contributed by atoms with Crippen molar-refractivity contribution < 1.29 is 19.9 Å². The molecule has 0 amide bonds. The van der Waals surface area contributed by atoms with Crippen LogP contribution in [0.5, 0.6) is 0 Å². The van der Waals surface area contributed by atoms with E-state index >= 15 is 0 Å². The highest BCUT2D eigenvalue weighted by Gasteiger charge is 2.36. The van der Waals surface area contributed by atoms with E-state index in [1.54, 1.807) is 0 Å². The summed E-state index contributed by atoms with van der Waals surface area (Å²) < 4.78 is 4.55. The lowest BCUT2D eigenvalue weighted by atomic mass is 10.2. The Balaban J connectivity index is 3.03. The average Bonchev–Trinajstić information content (AvgIpc) is 2.24. The largest absolute Gasteiger partial charge is 0.451 e. The summed E-state index contributed by atoms with van der Waals surface area (Å²) in [5.41, 5.74) is -0.405.